The molecule has 0 amide bonds. The van der Waals surface area contributed by atoms with Crippen LogP contribution in [-0.2, 0) is 4.79 Å². The monoisotopic (exact) mass is 157 g/mol. The largest absolute Gasteiger partial charge is 0.472 e. The average molecular weight is 157 g/mol. The van der Waals surface area contributed by atoms with E-state index < -0.39 is 11.7 Å². The van der Waals surface area contributed by atoms with Crippen LogP contribution in [0.1, 0.15) is 19.8 Å². The van der Waals surface area contributed by atoms with Gasteiger partial charge in [-0.15, -0.1) is 0 Å². The van der Waals surface area contributed by atoms with Crippen molar-refractivity contribution in [2.45, 2.75) is 25.5 Å². The number of nitrogens with two attached hydrogens (primary N) is 1. The van der Waals surface area contributed by atoms with Gasteiger partial charge in [0.2, 0.25) is 0 Å². The molecular weight excluding hydrogens is 146 g/mol. The van der Waals surface area contributed by atoms with Gasteiger partial charge in [0.15, 0.2) is 5.72 Å². The normalized spacial score (nSPS) is 14.5. The summed E-state index contributed by atoms with van der Waals surface area (Å²) in [5.74, 6) is 2.52. The first kappa shape index (κ1) is 9.95. The molecule has 0 aliphatic heterocycles. The van der Waals surface area contributed by atoms with E-state index in [1.807, 2.05) is 12.8 Å². The Bertz CT molecular complexity index is 199. The summed E-state index contributed by atoms with van der Waals surface area (Å²) in [6, 6.07) is 0. The molecule has 0 aliphatic carbocycles. The second kappa shape index (κ2) is 3.96. The van der Waals surface area contributed by atoms with Gasteiger partial charge in [-0.1, -0.05) is 13.3 Å². The number of carboxylic acids is 1. The van der Waals surface area contributed by atoms with Crippen LogP contribution in [0.25, 0.3) is 0 Å². The maximum atomic E-state index is 9.91. The fraction of sp³-hybridized carbons (Fsp3) is 0.571. The molecule has 0 saturated heterocycles. The van der Waals surface area contributed by atoms with Crippen molar-refractivity contribution in [3.63, 3.8) is 0 Å². The number of carboxylic acid groups (broad SMARTS) is 1. The Morgan fingerprint density at radius 1 is 1.73 bits per heavy atom. The van der Waals surface area contributed by atoms with Crippen LogP contribution in [0.5, 0.6) is 0 Å². The second-order valence-corrected chi connectivity index (χ2v) is 2.23. The van der Waals surface area contributed by atoms with Gasteiger partial charge in [0.1, 0.15) is 0 Å². The number of hydrogen-bond donors (Lipinski definition) is 3. The summed E-state index contributed by atoms with van der Waals surface area (Å²) in [5, 5.41) is 17.2. The number of aliphatic carboxylic acids is 1. The van der Waals surface area contributed by atoms with Gasteiger partial charge < -0.3 is 10.2 Å². The summed E-state index contributed by atoms with van der Waals surface area (Å²) in [7, 11) is 0. The highest BCUT2D eigenvalue weighted by Crippen LogP contribution is 2.02. The van der Waals surface area contributed by atoms with Crippen LogP contribution >= 0.6 is 0 Å². The molecule has 0 aromatic heterocycles. The third kappa shape index (κ3) is 5.40. The Morgan fingerprint density at radius 2 is 2.27 bits per heavy atom. The van der Waals surface area contributed by atoms with E-state index in [1.54, 1.807) is 5.92 Å². The van der Waals surface area contributed by atoms with E-state index in [4.69, 9.17) is 15.9 Å². The second-order valence-electron chi connectivity index (χ2n) is 2.23. The molecular formula is C7H11NO3. The van der Waals surface area contributed by atoms with Gasteiger partial charge in [-0.25, -0.2) is 4.79 Å². The predicted octanol–water partition coefficient (Wildman–Crippen LogP) is -0.478. The van der Waals surface area contributed by atoms with Crippen molar-refractivity contribution >= 4 is 5.97 Å². The average Bonchev–Trinajstić information content (AvgIpc) is 1.84. The van der Waals surface area contributed by atoms with Crippen molar-refractivity contribution in [3.05, 3.63) is 0 Å². The minimum Gasteiger partial charge on any atom is -0.472 e. The summed E-state index contributed by atoms with van der Waals surface area (Å²) in [6.45, 7) is 1.82. The lowest BCUT2D eigenvalue weighted by molar-refractivity contribution is -0.130. The molecule has 62 valence electrons. The van der Waals surface area contributed by atoms with Gasteiger partial charge in [0.25, 0.3) is 0 Å². The number of hydrogen-bond acceptors (Lipinski definition) is 3. The van der Waals surface area contributed by atoms with Crippen LogP contribution in [0.15, 0.2) is 0 Å². The quantitative estimate of drug-likeness (QED) is 0.373. The van der Waals surface area contributed by atoms with Crippen LogP contribution in [0.4, 0.5) is 0 Å². The number of carbonyl (C=O) groups is 1. The van der Waals surface area contributed by atoms with E-state index >= 15 is 0 Å². The molecule has 4 N–H and O–H groups in total. The molecule has 0 aromatic carbocycles. The highest BCUT2D eigenvalue weighted by molar-refractivity contribution is 5.86. The Hall–Kier alpha value is -1.05. The SMILES string of the molecule is CCCC(N)(O)C#CC(=O)O. The Labute approximate surface area is 65.0 Å². The molecule has 0 bridgehead atoms. The minimum atomic E-state index is -1.66. The summed E-state index contributed by atoms with van der Waals surface area (Å²) in [5.41, 5.74) is 3.53. The van der Waals surface area contributed by atoms with Gasteiger partial charge in [-0.05, 0) is 5.92 Å². The van der Waals surface area contributed by atoms with Crippen LogP contribution in [0.2, 0.25) is 0 Å². The van der Waals surface area contributed by atoms with Gasteiger partial charge >= 0.3 is 5.97 Å². The van der Waals surface area contributed by atoms with Crippen molar-refractivity contribution in [3.8, 4) is 11.8 Å². The molecule has 0 heterocycles. The smallest absolute Gasteiger partial charge is 0.382 e. The van der Waals surface area contributed by atoms with Crippen LogP contribution in [0.3, 0.4) is 0 Å². The summed E-state index contributed by atoms with van der Waals surface area (Å²) in [6.07, 6.45) is 0.925. The lowest BCUT2D eigenvalue weighted by Gasteiger charge is -2.13. The maximum Gasteiger partial charge on any atom is 0.382 e. The fourth-order valence-electron chi connectivity index (χ4n) is 0.605. The van der Waals surface area contributed by atoms with Crippen molar-refractivity contribution in [2.75, 3.05) is 0 Å². The highest BCUT2D eigenvalue weighted by atomic mass is 16.4. The van der Waals surface area contributed by atoms with E-state index in [1.165, 1.54) is 0 Å². The van der Waals surface area contributed by atoms with Crippen LogP contribution in [0, 0.1) is 11.8 Å². The molecule has 0 fully saturated rings. The van der Waals surface area contributed by atoms with Crippen molar-refractivity contribution in [2.24, 2.45) is 5.73 Å². The van der Waals surface area contributed by atoms with Crippen molar-refractivity contribution < 1.29 is 15.0 Å². The highest BCUT2D eigenvalue weighted by Gasteiger charge is 2.15. The molecule has 0 radical (unpaired) electrons. The fourth-order valence-corrected chi connectivity index (χ4v) is 0.605. The Kier molecular flexibility index (Phi) is 3.58. The third-order valence-electron chi connectivity index (χ3n) is 1.02. The van der Waals surface area contributed by atoms with E-state index in [-0.39, 0.29) is 6.42 Å². The summed E-state index contributed by atoms with van der Waals surface area (Å²) >= 11 is 0. The molecule has 0 spiro atoms. The Balaban J connectivity index is 4.13. The zero-order chi connectivity index (χ0) is 8.91. The molecule has 0 saturated carbocycles. The van der Waals surface area contributed by atoms with Gasteiger partial charge in [0.05, 0.1) is 0 Å². The molecule has 1 atom stereocenters. The topological polar surface area (TPSA) is 83.5 Å². The number of aliphatic hydroxyl groups is 1. The molecule has 4 nitrogen and oxygen atoms in total. The first-order valence-corrected chi connectivity index (χ1v) is 3.25. The molecule has 0 aliphatic rings. The van der Waals surface area contributed by atoms with Crippen LogP contribution < -0.4 is 5.73 Å². The van der Waals surface area contributed by atoms with E-state index in [2.05, 4.69) is 0 Å². The van der Waals surface area contributed by atoms with Gasteiger partial charge in [-0.2, -0.15) is 0 Å². The maximum absolute atomic E-state index is 9.91. The Morgan fingerprint density at radius 3 is 2.64 bits per heavy atom. The molecule has 0 rings (SSSR count). The summed E-state index contributed by atoms with van der Waals surface area (Å²) < 4.78 is 0. The number of rotatable bonds is 2. The molecule has 0 aromatic rings. The van der Waals surface area contributed by atoms with Crippen molar-refractivity contribution in [1.29, 1.82) is 0 Å². The molecule has 11 heavy (non-hydrogen) atoms. The van der Waals surface area contributed by atoms with Gasteiger partial charge in [-0.3, -0.25) is 5.73 Å². The van der Waals surface area contributed by atoms with E-state index in [9.17, 15) is 4.79 Å². The van der Waals surface area contributed by atoms with Gasteiger partial charge in [0, 0.05) is 12.3 Å². The zero-order valence-electron chi connectivity index (χ0n) is 6.29. The lowest BCUT2D eigenvalue weighted by atomic mass is 10.1. The molecule has 1 unspecified atom stereocenters. The first-order chi connectivity index (χ1) is 4.98. The minimum absolute atomic E-state index is 0.271. The zero-order valence-corrected chi connectivity index (χ0v) is 6.29. The standard InChI is InChI=1S/C7H11NO3/c1-2-4-7(8,11)5-3-6(9)10/h11H,2,4,8H2,1H3,(H,9,10). The predicted molar refractivity (Wildman–Crippen MR) is 39.5 cm³/mol. The molecule has 4 heteroatoms. The van der Waals surface area contributed by atoms with E-state index in [0.717, 1.165) is 0 Å². The van der Waals surface area contributed by atoms with Crippen LogP contribution in [-0.4, -0.2) is 21.9 Å². The third-order valence-corrected chi connectivity index (χ3v) is 1.02. The first-order valence-electron chi connectivity index (χ1n) is 3.25. The summed E-state index contributed by atoms with van der Waals surface area (Å²) in [4.78, 5) is 9.91. The van der Waals surface area contributed by atoms with Crippen molar-refractivity contribution in [1.82, 2.24) is 0 Å². The lowest BCUT2D eigenvalue weighted by Crippen LogP contribution is -2.37. The van der Waals surface area contributed by atoms with E-state index in [0.29, 0.717) is 6.42 Å².